The number of carboxylic acid groups (broad SMARTS) is 1. The smallest absolute Gasteiger partial charge is 0.410 e. The molecule has 0 aliphatic carbocycles. The number of hydrogen-bond donors (Lipinski definition) is 1. The summed E-state index contributed by atoms with van der Waals surface area (Å²) in [4.78, 5) is 23.1. The van der Waals surface area contributed by atoms with Gasteiger partial charge in [0.2, 0.25) is 6.43 Å². The van der Waals surface area contributed by atoms with Crippen molar-refractivity contribution in [1.29, 1.82) is 0 Å². The molecule has 0 aromatic rings. The fourth-order valence-electron chi connectivity index (χ4n) is 1.72. The zero-order valence-electron chi connectivity index (χ0n) is 9.01. The van der Waals surface area contributed by atoms with E-state index in [0.717, 1.165) is 4.90 Å². The first-order valence-corrected chi connectivity index (χ1v) is 5.01. The quantitative estimate of drug-likeness (QED) is 0.760. The first kappa shape index (κ1) is 13.4. The third-order valence-electron chi connectivity index (χ3n) is 2.59. The molecule has 0 aromatic carbocycles. The molecule has 5 nitrogen and oxygen atoms in total. The Labute approximate surface area is 96.7 Å². The van der Waals surface area contributed by atoms with Crippen molar-refractivity contribution in [3.63, 3.8) is 0 Å². The topological polar surface area (TPSA) is 66.8 Å². The molecule has 17 heavy (non-hydrogen) atoms. The Hall–Kier alpha value is -1.66. The average Bonchev–Trinajstić information content (AvgIpc) is 2.70. The second-order valence-corrected chi connectivity index (χ2v) is 3.71. The van der Waals surface area contributed by atoms with Crippen molar-refractivity contribution in [3.8, 4) is 0 Å². The van der Waals surface area contributed by atoms with E-state index in [4.69, 9.17) is 5.11 Å². The molecule has 96 valence electrons. The van der Waals surface area contributed by atoms with Gasteiger partial charge in [-0.25, -0.2) is 13.6 Å². The van der Waals surface area contributed by atoms with Crippen molar-refractivity contribution in [2.45, 2.75) is 6.43 Å². The van der Waals surface area contributed by atoms with Gasteiger partial charge in [0.1, 0.15) is 6.61 Å². The van der Waals surface area contributed by atoms with Crippen molar-refractivity contribution in [1.82, 2.24) is 4.90 Å². The zero-order chi connectivity index (χ0) is 13.0. The fourth-order valence-corrected chi connectivity index (χ4v) is 1.72. The van der Waals surface area contributed by atoms with Crippen molar-refractivity contribution in [3.05, 3.63) is 12.7 Å². The number of rotatable bonds is 4. The van der Waals surface area contributed by atoms with Gasteiger partial charge in [0.05, 0.1) is 11.8 Å². The van der Waals surface area contributed by atoms with Gasteiger partial charge in [-0.05, 0) is 0 Å². The molecular weight excluding hydrogens is 236 g/mol. The van der Waals surface area contributed by atoms with Crippen LogP contribution < -0.4 is 0 Å². The largest absolute Gasteiger partial charge is 0.481 e. The van der Waals surface area contributed by atoms with E-state index in [0.29, 0.717) is 0 Å². The van der Waals surface area contributed by atoms with Crippen LogP contribution in [0, 0.1) is 11.8 Å². The van der Waals surface area contributed by atoms with E-state index < -0.39 is 30.3 Å². The van der Waals surface area contributed by atoms with Crippen LogP contribution >= 0.6 is 0 Å². The third-order valence-corrected chi connectivity index (χ3v) is 2.59. The Morgan fingerprint density at radius 3 is 2.59 bits per heavy atom. The van der Waals surface area contributed by atoms with E-state index in [1.807, 2.05) is 0 Å². The van der Waals surface area contributed by atoms with Gasteiger partial charge in [0.25, 0.3) is 0 Å². The van der Waals surface area contributed by atoms with Gasteiger partial charge in [-0.3, -0.25) is 4.79 Å². The second-order valence-electron chi connectivity index (χ2n) is 3.71. The minimum absolute atomic E-state index is 0.0353. The normalized spacial score (nSPS) is 23.8. The molecule has 0 spiro atoms. The maximum absolute atomic E-state index is 12.6. The standard InChI is InChI=1S/C10H13F2NO4/c1-2-3-17-10(16)13-4-6(8(11)12)7(5-13)9(14)15/h2,6-8H,1,3-5H2,(H,14,15)/t6-,7-/m1/s1. The Bertz CT molecular complexity index is 321. The van der Waals surface area contributed by atoms with Crippen molar-refractivity contribution < 1.29 is 28.2 Å². The van der Waals surface area contributed by atoms with Gasteiger partial charge in [0.15, 0.2) is 0 Å². The molecule has 1 saturated heterocycles. The predicted molar refractivity (Wildman–Crippen MR) is 53.7 cm³/mol. The van der Waals surface area contributed by atoms with E-state index in [9.17, 15) is 18.4 Å². The van der Waals surface area contributed by atoms with Crippen LogP contribution in [-0.2, 0) is 9.53 Å². The first-order chi connectivity index (χ1) is 7.97. The highest BCUT2D eigenvalue weighted by Gasteiger charge is 2.44. The highest BCUT2D eigenvalue weighted by molar-refractivity contribution is 5.74. The number of carbonyl (C=O) groups is 2. The van der Waals surface area contributed by atoms with E-state index in [2.05, 4.69) is 11.3 Å². The molecule has 1 aliphatic rings. The summed E-state index contributed by atoms with van der Waals surface area (Å²) in [6.07, 6.45) is -2.22. The van der Waals surface area contributed by atoms with Crippen LogP contribution in [0.1, 0.15) is 0 Å². The highest BCUT2D eigenvalue weighted by atomic mass is 19.3. The van der Waals surface area contributed by atoms with E-state index in [1.54, 1.807) is 0 Å². The number of nitrogens with zero attached hydrogens (tertiary/aromatic N) is 1. The number of likely N-dealkylation sites (tertiary alicyclic amines) is 1. The van der Waals surface area contributed by atoms with Crippen LogP contribution in [0.2, 0.25) is 0 Å². The zero-order valence-corrected chi connectivity index (χ0v) is 9.01. The molecule has 0 radical (unpaired) electrons. The molecule has 1 N–H and O–H groups in total. The van der Waals surface area contributed by atoms with E-state index >= 15 is 0 Å². The molecular formula is C10H13F2NO4. The summed E-state index contributed by atoms with van der Waals surface area (Å²) in [5.41, 5.74) is 0. The van der Waals surface area contributed by atoms with Crippen molar-refractivity contribution in [2.24, 2.45) is 11.8 Å². The van der Waals surface area contributed by atoms with Crippen molar-refractivity contribution in [2.75, 3.05) is 19.7 Å². The number of aliphatic carboxylic acids is 1. The molecule has 0 bridgehead atoms. The van der Waals surface area contributed by atoms with Crippen molar-refractivity contribution >= 4 is 12.1 Å². The Morgan fingerprint density at radius 2 is 2.18 bits per heavy atom. The maximum atomic E-state index is 12.6. The molecule has 1 aliphatic heterocycles. The highest BCUT2D eigenvalue weighted by Crippen LogP contribution is 2.29. The average molecular weight is 249 g/mol. The summed E-state index contributed by atoms with van der Waals surface area (Å²) >= 11 is 0. The van der Waals surface area contributed by atoms with E-state index in [1.165, 1.54) is 6.08 Å². The summed E-state index contributed by atoms with van der Waals surface area (Å²) in [6, 6.07) is 0. The number of amides is 1. The summed E-state index contributed by atoms with van der Waals surface area (Å²) < 4.78 is 29.8. The lowest BCUT2D eigenvalue weighted by Gasteiger charge is -2.15. The molecule has 1 heterocycles. The van der Waals surface area contributed by atoms with Crippen LogP contribution in [0.3, 0.4) is 0 Å². The van der Waals surface area contributed by atoms with Crippen LogP contribution in [0.15, 0.2) is 12.7 Å². The molecule has 2 atom stereocenters. The van der Waals surface area contributed by atoms with Gasteiger partial charge in [-0.1, -0.05) is 12.7 Å². The van der Waals surface area contributed by atoms with Gasteiger partial charge in [0, 0.05) is 13.1 Å². The molecule has 0 saturated carbocycles. The van der Waals surface area contributed by atoms with Gasteiger partial charge >= 0.3 is 12.1 Å². The first-order valence-electron chi connectivity index (χ1n) is 5.01. The summed E-state index contributed by atoms with van der Waals surface area (Å²) in [7, 11) is 0. The lowest BCUT2D eigenvalue weighted by Crippen LogP contribution is -2.30. The molecule has 7 heteroatoms. The van der Waals surface area contributed by atoms with Crippen LogP contribution in [0.5, 0.6) is 0 Å². The number of carbonyl (C=O) groups excluding carboxylic acids is 1. The van der Waals surface area contributed by atoms with Gasteiger partial charge in [-0.15, -0.1) is 0 Å². The number of halogens is 2. The van der Waals surface area contributed by atoms with Crippen LogP contribution in [0.25, 0.3) is 0 Å². The monoisotopic (exact) mass is 249 g/mol. The molecule has 1 fully saturated rings. The Balaban J connectivity index is 2.65. The van der Waals surface area contributed by atoms with Gasteiger partial charge < -0.3 is 14.7 Å². The number of hydrogen-bond acceptors (Lipinski definition) is 3. The number of carboxylic acids is 1. The summed E-state index contributed by atoms with van der Waals surface area (Å²) in [5.74, 6) is -3.91. The second kappa shape index (κ2) is 5.60. The third kappa shape index (κ3) is 3.15. The molecule has 1 amide bonds. The summed E-state index contributed by atoms with van der Waals surface area (Å²) in [5, 5.41) is 8.78. The predicted octanol–water partition coefficient (Wildman–Crippen LogP) is 1.21. The Morgan fingerprint density at radius 1 is 1.53 bits per heavy atom. The molecule has 1 rings (SSSR count). The summed E-state index contributed by atoms with van der Waals surface area (Å²) in [6.45, 7) is 2.75. The maximum Gasteiger partial charge on any atom is 0.410 e. The molecule has 0 unspecified atom stereocenters. The lowest BCUT2D eigenvalue weighted by molar-refractivity contribution is -0.144. The fraction of sp³-hybridized carbons (Fsp3) is 0.600. The number of ether oxygens (including phenoxy) is 1. The number of alkyl halides is 2. The minimum Gasteiger partial charge on any atom is -0.481 e. The minimum atomic E-state index is -2.77. The molecule has 0 aromatic heterocycles. The SMILES string of the molecule is C=CCOC(=O)N1C[C@@H](C(=O)O)[C@H](C(F)F)C1. The lowest BCUT2D eigenvalue weighted by atomic mass is 9.97. The van der Waals surface area contributed by atoms with Gasteiger partial charge in [-0.2, -0.15) is 0 Å². The van der Waals surface area contributed by atoms with Crippen LogP contribution in [0.4, 0.5) is 13.6 Å². The van der Waals surface area contributed by atoms with E-state index in [-0.39, 0.29) is 19.7 Å². The Kier molecular flexibility index (Phi) is 4.42. The van der Waals surface area contributed by atoms with Crippen LogP contribution in [-0.4, -0.2) is 48.2 Å².